The molecule has 6 rings (SSSR count). The van der Waals surface area contributed by atoms with Crippen LogP contribution < -0.4 is 4.74 Å². The highest BCUT2D eigenvalue weighted by Gasteiger charge is 2.56. The second-order valence-corrected chi connectivity index (χ2v) is 8.37. The van der Waals surface area contributed by atoms with Crippen LogP contribution in [0.5, 0.6) is 23.0 Å². The van der Waals surface area contributed by atoms with Crippen molar-refractivity contribution in [2.45, 2.75) is 24.9 Å². The molecule has 0 saturated carbocycles. The fraction of sp³-hybridized carbons (Fsp3) is 0.192. The lowest BCUT2D eigenvalue weighted by atomic mass is 9.82. The molecule has 36 heavy (non-hydrogen) atoms. The highest BCUT2D eigenvalue weighted by atomic mass is 16.6. The third kappa shape index (κ3) is 4.02. The van der Waals surface area contributed by atoms with Gasteiger partial charge in [0.25, 0.3) is 0 Å². The number of cyclic esters (lactones) is 1. The smallest absolute Gasteiger partial charge is 0.375 e. The van der Waals surface area contributed by atoms with Gasteiger partial charge in [0.05, 0.1) is 24.9 Å². The molecule has 4 aliphatic rings. The van der Waals surface area contributed by atoms with E-state index >= 15 is 0 Å². The maximum atomic E-state index is 13.5. The number of allylic oxidation sites excluding steroid dienone is 1. The van der Waals surface area contributed by atoms with Crippen LogP contribution >= 0.6 is 0 Å². The molecule has 0 aliphatic carbocycles. The first kappa shape index (κ1) is 23.0. The molecule has 184 valence electrons. The molecule has 0 amide bonds. The summed E-state index contributed by atoms with van der Waals surface area (Å²) >= 11 is 0. The zero-order chi connectivity index (χ0) is 25.4. The molecule has 2 aromatic rings. The second-order valence-electron chi connectivity index (χ2n) is 8.37. The van der Waals surface area contributed by atoms with Crippen LogP contribution in [0.3, 0.4) is 0 Å². The minimum absolute atomic E-state index is 0.0290. The monoisotopic (exact) mass is 492 g/mol. The van der Waals surface area contributed by atoms with Gasteiger partial charge in [0.2, 0.25) is 17.1 Å². The molecular weight excluding hydrogens is 472 g/mol. The fourth-order valence-corrected chi connectivity index (χ4v) is 4.28. The highest BCUT2D eigenvalue weighted by Crippen LogP contribution is 2.43. The molecule has 4 bridgehead atoms. The predicted octanol–water partition coefficient (Wildman–Crippen LogP) is 3.03. The lowest BCUT2D eigenvalue weighted by molar-refractivity contribution is -0.172. The van der Waals surface area contributed by atoms with Crippen LogP contribution in [0.4, 0.5) is 0 Å². The molecule has 0 radical (unpaired) electrons. The Morgan fingerprint density at radius 2 is 1.72 bits per heavy atom. The molecule has 0 fully saturated rings. The summed E-state index contributed by atoms with van der Waals surface area (Å²) in [6.07, 6.45) is 3.68. The quantitative estimate of drug-likeness (QED) is 0.308. The van der Waals surface area contributed by atoms with Crippen LogP contribution in [-0.2, 0) is 41.4 Å². The van der Waals surface area contributed by atoms with E-state index in [1.165, 1.54) is 24.3 Å². The number of ether oxygens (including phenoxy) is 4. The number of benzene rings is 2. The van der Waals surface area contributed by atoms with Gasteiger partial charge in [0.1, 0.15) is 5.75 Å². The van der Waals surface area contributed by atoms with Gasteiger partial charge in [-0.15, -0.1) is 0 Å². The van der Waals surface area contributed by atoms with Crippen molar-refractivity contribution in [2.24, 2.45) is 0 Å². The lowest BCUT2D eigenvalue weighted by Crippen LogP contribution is -2.45. The van der Waals surface area contributed by atoms with Crippen LogP contribution in [0.2, 0.25) is 0 Å². The van der Waals surface area contributed by atoms with Crippen LogP contribution in [0, 0.1) is 0 Å². The number of hydrogen-bond donors (Lipinski definition) is 3. The van der Waals surface area contributed by atoms with Crippen LogP contribution in [0.1, 0.15) is 17.5 Å². The van der Waals surface area contributed by atoms with Gasteiger partial charge in [0, 0.05) is 12.8 Å². The first-order valence-corrected chi connectivity index (χ1v) is 11.0. The van der Waals surface area contributed by atoms with E-state index in [4.69, 9.17) is 18.9 Å². The maximum absolute atomic E-state index is 13.5. The summed E-state index contributed by atoms with van der Waals surface area (Å²) in [5.41, 5.74) is -0.940. The molecule has 3 N–H and O–H groups in total. The Hall–Kier alpha value is -4.73. The van der Waals surface area contributed by atoms with Crippen molar-refractivity contribution in [1.82, 2.24) is 0 Å². The van der Waals surface area contributed by atoms with E-state index in [0.29, 0.717) is 16.9 Å². The molecule has 1 atom stereocenters. The number of carbonyl (C=O) groups is 3. The molecule has 2 aromatic carbocycles. The third-order valence-corrected chi connectivity index (χ3v) is 6.00. The van der Waals surface area contributed by atoms with Crippen molar-refractivity contribution in [3.8, 4) is 23.0 Å². The van der Waals surface area contributed by atoms with Crippen molar-refractivity contribution >= 4 is 17.9 Å². The standard InChI is InChI=1S/C26H20O10/c27-18-11-15-7-9-34-25(32)26(13-14-1-4-17(5-2-14)35-19(12-15)22(18)29)21(23(30)24(31)36-26)16-3-6-20(28)33-10-8-16/h1-5,8,10-12,27,29-30H,6-7,9,13H2. The van der Waals surface area contributed by atoms with E-state index in [-0.39, 0.29) is 42.8 Å². The van der Waals surface area contributed by atoms with Gasteiger partial charge in [-0.2, -0.15) is 0 Å². The molecular formula is C26H20O10. The van der Waals surface area contributed by atoms with Crippen molar-refractivity contribution in [1.29, 1.82) is 0 Å². The number of phenols is 2. The predicted molar refractivity (Wildman–Crippen MR) is 121 cm³/mol. The Labute approximate surface area is 204 Å². The fourth-order valence-electron chi connectivity index (χ4n) is 4.28. The molecule has 1 unspecified atom stereocenters. The number of aromatic hydroxyl groups is 2. The van der Waals surface area contributed by atoms with E-state index in [0.717, 1.165) is 6.26 Å². The number of phenolic OH excluding ortho intramolecular Hbond substituents is 2. The molecule has 0 aromatic heterocycles. The largest absolute Gasteiger partial charge is 0.504 e. The number of aliphatic hydroxyl groups excluding tert-OH is 1. The zero-order valence-corrected chi connectivity index (χ0v) is 18.7. The van der Waals surface area contributed by atoms with E-state index in [1.807, 2.05) is 0 Å². The summed E-state index contributed by atoms with van der Waals surface area (Å²) in [6, 6.07) is 9.18. The lowest BCUT2D eigenvalue weighted by Gasteiger charge is -2.29. The average molecular weight is 492 g/mol. The Kier molecular flexibility index (Phi) is 5.63. The van der Waals surface area contributed by atoms with E-state index in [2.05, 4.69) is 0 Å². The average Bonchev–Trinajstić information content (AvgIpc) is 2.96. The van der Waals surface area contributed by atoms with Gasteiger partial charge >= 0.3 is 17.9 Å². The molecule has 10 heteroatoms. The number of fused-ring (bicyclic) bond motifs is 5. The summed E-state index contributed by atoms with van der Waals surface area (Å²) in [5.74, 6) is -3.83. The van der Waals surface area contributed by atoms with Gasteiger partial charge in [-0.25, -0.2) is 9.59 Å². The van der Waals surface area contributed by atoms with Crippen molar-refractivity contribution < 1.29 is 48.7 Å². The van der Waals surface area contributed by atoms with Gasteiger partial charge in [0.15, 0.2) is 11.5 Å². The Morgan fingerprint density at radius 1 is 0.944 bits per heavy atom. The first-order chi connectivity index (χ1) is 17.3. The minimum atomic E-state index is -2.04. The third-order valence-electron chi connectivity index (χ3n) is 6.00. The Balaban J connectivity index is 1.61. The van der Waals surface area contributed by atoms with Gasteiger partial charge in [-0.1, -0.05) is 18.2 Å². The maximum Gasteiger partial charge on any atom is 0.375 e. The SMILES string of the molecule is O=C1CC=C(C2=C(O)C(=O)OC23Cc2ccc(cc2)Oc2cc(cc(O)c2O)CCOC3=O)C=CO1. The normalized spacial score (nSPS) is 21.8. The van der Waals surface area contributed by atoms with Gasteiger partial charge in [-0.05, 0) is 47.0 Å². The van der Waals surface area contributed by atoms with E-state index in [1.54, 1.807) is 24.3 Å². The van der Waals surface area contributed by atoms with Gasteiger partial charge in [-0.3, -0.25) is 4.79 Å². The van der Waals surface area contributed by atoms with E-state index in [9.17, 15) is 29.7 Å². The van der Waals surface area contributed by atoms with Crippen molar-refractivity contribution in [2.75, 3.05) is 6.61 Å². The van der Waals surface area contributed by atoms with Crippen molar-refractivity contribution in [3.63, 3.8) is 0 Å². The summed E-state index contributed by atoms with van der Waals surface area (Å²) in [7, 11) is 0. The Morgan fingerprint density at radius 3 is 2.50 bits per heavy atom. The second kappa shape index (κ2) is 8.81. The van der Waals surface area contributed by atoms with E-state index < -0.39 is 40.8 Å². The topological polar surface area (TPSA) is 149 Å². The molecule has 4 heterocycles. The number of rotatable bonds is 1. The molecule has 0 saturated heterocycles. The number of hydrogen-bond acceptors (Lipinski definition) is 10. The van der Waals surface area contributed by atoms with Crippen molar-refractivity contribution in [3.05, 3.63) is 82.8 Å². The number of carbonyl (C=O) groups excluding carboxylic acids is 3. The van der Waals surface area contributed by atoms with Gasteiger partial charge < -0.3 is 34.3 Å². The number of aliphatic hydroxyl groups is 1. The van der Waals surface area contributed by atoms with Crippen LogP contribution in [0.15, 0.2) is 71.7 Å². The highest BCUT2D eigenvalue weighted by molar-refractivity contribution is 6.01. The summed E-state index contributed by atoms with van der Waals surface area (Å²) in [6.45, 7) is -0.177. The first-order valence-electron chi connectivity index (χ1n) is 11.0. The Bertz CT molecular complexity index is 1370. The van der Waals surface area contributed by atoms with Crippen LogP contribution in [-0.4, -0.2) is 45.4 Å². The molecule has 10 nitrogen and oxygen atoms in total. The zero-order valence-electron chi connectivity index (χ0n) is 18.7. The number of esters is 3. The molecule has 4 aliphatic heterocycles. The molecule has 1 spiro atoms. The summed E-state index contributed by atoms with van der Waals surface area (Å²) in [4.78, 5) is 37.8. The summed E-state index contributed by atoms with van der Waals surface area (Å²) < 4.78 is 21.6. The summed E-state index contributed by atoms with van der Waals surface area (Å²) in [5, 5.41) is 30.9. The minimum Gasteiger partial charge on any atom is -0.504 e. The van der Waals surface area contributed by atoms with Crippen LogP contribution in [0.25, 0.3) is 0 Å².